The minimum atomic E-state index is -5.06. The van der Waals surface area contributed by atoms with Crippen LogP contribution in [0, 0.1) is 0 Å². The molecule has 0 amide bonds. The Kier molecular flexibility index (Phi) is 2.66. The van der Waals surface area contributed by atoms with Crippen LogP contribution in [0.1, 0.15) is 0 Å². The zero-order chi connectivity index (χ0) is 7.71. The van der Waals surface area contributed by atoms with Gasteiger partial charge in [0.25, 0.3) is 0 Å². The third kappa shape index (κ3) is 8.38. The van der Waals surface area contributed by atoms with E-state index in [1.54, 1.807) is 0 Å². The van der Waals surface area contributed by atoms with Gasteiger partial charge in [0, 0.05) is 0 Å². The second-order valence-electron chi connectivity index (χ2n) is 1.20. The Morgan fingerprint density at radius 1 is 0.889 bits per heavy atom. The van der Waals surface area contributed by atoms with Crippen LogP contribution in [-0.2, 0) is 31.1 Å². The van der Waals surface area contributed by atoms with Crippen molar-refractivity contribution in [1.82, 2.24) is 0 Å². The van der Waals surface area contributed by atoms with Gasteiger partial charge < -0.3 is 0 Å². The number of hydrogen-bond acceptors (Lipinski definition) is 4. The van der Waals surface area contributed by atoms with E-state index >= 15 is 0 Å². The summed E-state index contributed by atoms with van der Waals surface area (Å²) in [5, 5.41) is 0. The number of rotatable bonds is 2. The van der Waals surface area contributed by atoms with Crippen molar-refractivity contribution in [2.24, 2.45) is 0 Å². The van der Waals surface area contributed by atoms with Crippen LogP contribution >= 0.6 is 0 Å². The van der Waals surface area contributed by atoms with Gasteiger partial charge in [0.05, 0.1) is 0 Å². The van der Waals surface area contributed by atoms with Gasteiger partial charge in [0.2, 0.25) is 0 Å². The fourth-order valence-electron chi connectivity index (χ4n) is 0.168. The van der Waals surface area contributed by atoms with E-state index in [-0.39, 0.29) is 0 Å². The molecule has 4 nitrogen and oxygen atoms in total. The van der Waals surface area contributed by atoms with Crippen LogP contribution in [0.5, 0.6) is 0 Å². The molecule has 0 atom stereocenters. The second-order valence-corrected chi connectivity index (χ2v) is 17.4. The van der Waals surface area contributed by atoms with Gasteiger partial charge in [-0.3, -0.25) is 0 Å². The zero-order valence-corrected chi connectivity index (χ0v) is 8.51. The Bertz CT molecular complexity index is 242. The monoisotopic (exact) mass is 230 g/mol. The molecule has 0 aromatic carbocycles. The Labute approximate surface area is 56.0 Å². The van der Waals surface area contributed by atoms with Gasteiger partial charge in [-0.25, -0.2) is 0 Å². The van der Waals surface area contributed by atoms with E-state index in [2.05, 4.69) is 0 Å². The fourth-order valence-corrected chi connectivity index (χ4v) is 7.86. The van der Waals surface area contributed by atoms with E-state index in [0.717, 1.165) is 0 Å². The van der Waals surface area contributed by atoms with E-state index in [1.165, 1.54) is 0 Å². The van der Waals surface area contributed by atoms with Gasteiger partial charge in [-0.05, 0) is 0 Å². The van der Waals surface area contributed by atoms with Crippen LogP contribution in [0.25, 0.3) is 0 Å². The molecule has 9 heavy (non-hydrogen) atoms. The summed E-state index contributed by atoms with van der Waals surface area (Å²) in [5.74, 6) is 0. The molecule has 0 aromatic rings. The van der Waals surface area contributed by atoms with Crippen LogP contribution in [0.4, 0.5) is 7.77 Å². The zero-order valence-electron chi connectivity index (χ0n) is 3.91. The van der Waals surface area contributed by atoms with Crippen LogP contribution in [0.3, 0.4) is 0 Å². The molecule has 0 aliphatic rings. The summed E-state index contributed by atoms with van der Waals surface area (Å²) in [5.41, 5.74) is 0. The molecule has 0 N–H and O–H groups in total. The molecule has 0 aliphatic heterocycles. The van der Waals surface area contributed by atoms with Crippen molar-refractivity contribution in [3.8, 4) is 0 Å². The van der Waals surface area contributed by atoms with Crippen LogP contribution in [0.2, 0.25) is 0 Å². The van der Waals surface area contributed by atoms with E-state index in [4.69, 9.17) is 0 Å². The molecule has 0 radical (unpaired) electrons. The summed E-state index contributed by atoms with van der Waals surface area (Å²) in [7, 11) is -10.1. The summed E-state index contributed by atoms with van der Waals surface area (Å²) < 4.78 is 60.4. The standard InChI is InChI=1S/2FO2S.Zn/c2*1-4(2)3;. The third-order valence-electron chi connectivity index (χ3n) is 0.282. The fraction of sp³-hybridized carbons (Fsp3) is 0. The van der Waals surface area contributed by atoms with Crippen molar-refractivity contribution in [1.29, 1.82) is 0 Å². The minimum absolute atomic E-state index is 3.72. The molecule has 9 heteroatoms. The van der Waals surface area contributed by atoms with Gasteiger partial charge in [-0.2, -0.15) is 0 Å². The SMILES string of the molecule is O=[S](=O)(F)[Zn][S](=O)(=O)F. The molecule has 0 rings (SSSR count). The molecule has 52 valence electrons. The number of halogens is 2. The molecule has 0 fully saturated rings. The molecule has 0 unspecified atom stereocenters. The first-order chi connectivity index (χ1) is 3.71. The first-order valence-corrected chi connectivity index (χ1v) is 11.9. The van der Waals surface area contributed by atoms with Crippen molar-refractivity contribution in [3.05, 3.63) is 0 Å². The molecule has 0 spiro atoms. The summed E-state index contributed by atoms with van der Waals surface area (Å²) in [6.45, 7) is 0. The van der Waals surface area contributed by atoms with Crippen molar-refractivity contribution < 1.29 is 39.3 Å². The summed E-state index contributed by atoms with van der Waals surface area (Å²) in [6, 6.07) is 0. The predicted octanol–water partition coefficient (Wildman–Crippen LogP) is -0.502. The van der Waals surface area contributed by atoms with Crippen LogP contribution in [-0.4, -0.2) is 16.8 Å². The predicted molar refractivity (Wildman–Crippen MR) is 20.1 cm³/mol. The van der Waals surface area contributed by atoms with Crippen molar-refractivity contribution in [3.63, 3.8) is 0 Å². The average molecular weight is 232 g/mol. The van der Waals surface area contributed by atoms with Gasteiger partial charge in [0.15, 0.2) is 0 Å². The molecule has 0 saturated heterocycles. The van der Waals surface area contributed by atoms with Gasteiger partial charge in [-0.15, -0.1) is 0 Å². The molecule has 0 aromatic heterocycles. The van der Waals surface area contributed by atoms with Crippen molar-refractivity contribution in [2.45, 2.75) is 0 Å². The second kappa shape index (κ2) is 2.55. The summed E-state index contributed by atoms with van der Waals surface area (Å²) >= 11 is -3.72. The Hall–Kier alpha value is 0.383. The Morgan fingerprint density at radius 2 is 1.11 bits per heavy atom. The van der Waals surface area contributed by atoms with Crippen molar-refractivity contribution in [2.75, 3.05) is 0 Å². The van der Waals surface area contributed by atoms with Gasteiger partial charge in [0.1, 0.15) is 0 Å². The quantitative estimate of drug-likeness (QED) is 0.474. The van der Waals surface area contributed by atoms with E-state index in [9.17, 15) is 24.6 Å². The van der Waals surface area contributed by atoms with E-state index < -0.39 is 31.1 Å². The molecule has 0 heterocycles. The molecule has 0 bridgehead atoms. The normalized spacial score (nSPS) is 12.7. The Morgan fingerprint density at radius 3 is 1.11 bits per heavy atom. The molecule has 0 aliphatic carbocycles. The first-order valence-electron chi connectivity index (χ1n) is 1.55. The Balaban J connectivity index is 4.46. The first kappa shape index (κ1) is 9.38. The number of hydrogen-bond donors (Lipinski definition) is 0. The summed E-state index contributed by atoms with van der Waals surface area (Å²) in [6.07, 6.45) is 0. The maximum absolute atomic E-state index is 11.3. The molecule has 0 saturated carbocycles. The van der Waals surface area contributed by atoms with Crippen molar-refractivity contribution >= 4 is 16.4 Å². The van der Waals surface area contributed by atoms with E-state index in [1.807, 2.05) is 0 Å². The van der Waals surface area contributed by atoms with Crippen LogP contribution < -0.4 is 0 Å². The third-order valence-corrected chi connectivity index (χ3v) is 13.2. The molecular formula is F2O4S2Zn. The maximum atomic E-state index is 11.3. The summed E-state index contributed by atoms with van der Waals surface area (Å²) in [4.78, 5) is 0. The molecular weight excluding hydrogens is 232 g/mol. The van der Waals surface area contributed by atoms with Gasteiger partial charge >= 0.3 is 55.7 Å². The van der Waals surface area contributed by atoms with E-state index in [0.29, 0.717) is 0 Å². The topological polar surface area (TPSA) is 68.3 Å². The van der Waals surface area contributed by atoms with Gasteiger partial charge in [-0.1, -0.05) is 0 Å². The van der Waals surface area contributed by atoms with Crippen LogP contribution in [0.15, 0.2) is 0 Å². The average Bonchev–Trinajstić information content (AvgIpc) is 1.14.